The summed E-state index contributed by atoms with van der Waals surface area (Å²) in [6.07, 6.45) is 5.68. The number of aliphatic imine (C=N–C) groups is 1. The number of hydrogen-bond acceptors (Lipinski definition) is 3. The Morgan fingerprint density at radius 3 is 2.63 bits per heavy atom. The standard InChI is InChI=1S/C25H39N3O2/c1-18(2)20-9-12-24(3,29)21-10-13-25(30,22(21)17-20)14-16-28-23(26)27-15-11-19-7-5-4-6-8-19/h4-8,20-22,29-30H,1,9-17H2,2-3H3,(H3,26,27,28). The molecule has 0 radical (unpaired) electrons. The van der Waals surface area contributed by atoms with Gasteiger partial charge in [-0.1, -0.05) is 42.5 Å². The Kier molecular flexibility index (Phi) is 7.25. The van der Waals surface area contributed by atoms with E-state index in [1.165, 1.54) is 5.56 Å². The van der Waals surface area contributed by atoms with Gasteiger partial charge in [-0.2, -0.15) is 0 Å². The molecule has 2 aliphatic carbocycles. The molecule has 2 fully saturated rings. The molecule has 2 aliphatic rings. The van der Waals surface area contributed by atoms with Gasteiger partial charge >= 0.3 is 0 Å². The van der Waals surface area contributed by atoms with Gasteiger partial charge in [-0.25, -0.2) is 0 Å². The van der Waals surface area contributed by atoms with Crippen LogP contribution in [0.25, 0.3) is 0 Å². The number of guanidine groups is 1. The molecule has 0 saturated heterocycles. The third-order valence-electron chi connectivity index (χ3n) is 7.49. The third kappa shape index (κ3) is 5.44. The van der Waals surface area contributed by atoms with Crippen molar-refractivity contribution in [3.05, 3.63) is 48.0 Å². The Morgan fingerprint density at radius 1 is 1.20 bits per heavy atom. The minimum atomic E-state index is -0.791. The van der Waals surface area contributed by atoms with Crippen molar-refractivity contribution in [3.63, 3.8) is 0 Å². The molecule has 5 unspecified atom stereocenters. The summed E-state index contributed by atoms with van der Waals surface area (Å²) in [5.74, 6) is 1.01. The van der Waals surface area contributed by atoms with E-state index in [0.29, 0.717) is 24.8 Å². The van der Waals surface area contributed by atoms with E-state index in [4.69, 9.17) is 5.73 Å². The maximum atomic E-state index is 11.5. The predicted molar refractivity (Wildman–Crippen MR) is 123 cm³/mol. The molecular formula is C25H39N3O2. The van der Waals surface area contributed by atoms with Crippen molar-refractivity contribution in [2.24, 2.45) is 28.5 Å². The molecule has 0 aliphatic heterocycles. The van der Waals surface area contributed by atoms with Gasteiger partial charge in [0.05, 0.1) is 11.2 Å². The molecule has 0 amide bonds. The van der Waals surface area contributed by atoms with Crippen LogP contribution in [0.1, 0.15) is 57.9 Å². The maximum absolute atomic E-state index is 11.5. The van der Waals surface area contributed by atoms with E-state index in [1.807, 2.05) is 25.1 Å². The first kappa shape index (κ1) is 22.8. The van der Waals surface area contributed by atoms with Crippen LogP contribution in [-0.4, -0.2) is 40.5 Å². The molecule has 0 spiro atoms. The molecule has 166 valence electrons. The van der Waals surface area contributed by atoms with Gasteiger partial charge < -0.3 is 21.3 Å². The normalized spacial score (nSPS) is 34.3. The van der Waals surface area contributed by atoms with Crippen LogP contribution in [-0.2, 0) is 6.42 Å². The number of aliphatic hydroxyl groups is 2. The zero-order valence-electron chi connectivity index (χ0n) is 18.6. The quantitative estimate of drug-likeness (QED) is 0.313. The Balaban J connectivity index is 1.55. The highest BCUT2D eigenvalue weighted by molar-refractivity contribution is 5.77. The SMILES string of the molecule is C=C(C)C1CCC(C)(O)C2CCC(O)(CCN=C(N)NCCc3ccccc3)C2C1. The molecular weight excluding hydrogens is 374 g/mol. The van der Waals surface area contributed by atoms with Gasteiger partial charge in [0.1, 0.15) is 0 Å². The first-order chi connectivity index (χ1) is 14.2. The number of nitrogens with two attached hydrogens (primary N) is 1. The fourth-order valence-corrected chi connectivity index (χ4v) is 5.53. The Morgan fingerprint density at radius 2 is 1.93 bits per heavy atom. The van der Waals surface area contributed by atoms with Crippen molar-refractivity contribution in [2.75, 3.05) is 13.1 Å². The lowest BCUT2D eigenvalue weighted by Gasteiger charge is -2.37. The minimum Gasteiger partial charge on any atom is -0.390 e. The molecule has 0 heterocycles. The molecule has 0 aromatic heterocycles. The summed E-state index contributed by atoms with van der Waals surface area (Å²) in [5, 5.41) is 25.7. The molecule has 5 N–H and O–H groups in total. The Bertz CT molecular complexity index is 746. The summed E-state index contributed by atoms with van der Waals surface area (Å²) in [4.78, 5) is 4.46. The number of nitrogens with one attached hydrogen (secondary N) is 1. The van der Waals surface area contributed by atoms with Crippen LogP contribution >= 0.6 is 0 Å². The summed E-state index contributed by atoms with van der Waals surface area (Å²) >= 11 is 0. The summed E-state index contributed by atoms with van der Waals surface area (Å²) in [7, 11) is 0. The molecule has 0 bridgehead atoms. The van der Waals surface area contributed by atoms with E-state index in [0.717, 1.165) is 50.6 Å². The fraction of sp³-hybridized carbons (Fsp3) is 0.640. The number of fused-ring (bicyclic) bond motifs is 1. The maximum Gasteiger partial charge on any atom is 0.188 e. The van der Waals surface area contributed by atoms with Crippen molar-refractivity contribution in [2.45, 2.75) is 70.0 Å². The monoisotopic (exact) mass is 413 g/mol. The lowest BCUT2D eigenvalue weighted by molar-refractivity contribution is -0.0637. The van der Waals surface area contributed by atoms with Crippen molar-refractivity contribution in [3.8, 4) is 0 Å². The van der Waals surface area contributed by atoms with E-state index in [2.05, 4.69) is 35.9 Å². The van der Waals surface area contributed by atoms with Gasteiger partial charge in [-0.3, -0.25) is 4.99 Å². The van der Waals surface area contributed by atoms with Crippen molar-refractivity contribution >= 4 is 5.96 Å². The Hall–Kier alpha value is -1.85. The number of hydrogen-bond donors (Lipinski definition) is 4. The van der Waals surface area contributed by atoms with Crippen LogP contribution in [0.5, 0.6) is 0 Å². The third-order valence-corrected chi connectivity index (χ3v) is 7.49. The Labute approximate surface area is 181 Å². The smallest absolute Gasteiger partial charge is 0.188 e. The van der Waals surface area contributed by atoms with Crippen LogP contribution in [0.4, 0.5) is 0 Å². The van der Waals surface area contributed by atoms with Crippen molar-refractivity contribution in [1.82, 2.24) is 5.32 Å². The fourth-order valence-electron chi connectivity index (χ4n) is 5.53. The van der Waals surface area contributed by atoms with E-state index in [-0.39, 0.29) is 11.8 Å². The van der Waals surface area contributed by atoms with Gasteiger partial charge in [0.2, 0.25) is 0 Å². The van der Waals surface area contributed by atoms with Crippen LogP contribution in [0, 0.1) is 17.8 Å². The van der Waals surface area contributed by atoms with E-state index >= 15 is 0 Å². The largest absolute Gasteiger partial charge is 0.390 e. The van der Waals surface area contributed by atoms with Crippen molar-refractivity contribution < 1.29 is 10.2 Å². The second-order valence-electron chi connectivity index (χ2n) is 9.71. The van der Waals surface area contributed by atoms with Gasteiger partial charge in [-0.15, -0.1) is 0 Å². The predicted octanol–water partition coefficient (Wildman–Crippen LogP) is 3.41. The molecule has 5 heteroatoms. The highest BCUT2D eigenvalue weighted by atomic mass is 16.3. The number of rotatable bonds is 7. The van der Waals surface area contributed by atoms with Crippen LogP contribution in [0.3, 0.4) is 0 Å². The highest BCUT2D eigenvalue weighted by Crippen LogP contribution is 2.54. The molecule has 1 aromatic carbocycles. The summed E-state index contributed by atoms with van der Waals surface area (Å²) in [5.41, 5.74) is 6.94. The van der Waals surface area contributed by atoms with Crippen LogP contribution in [0.2, 0.25) is 0 Å². The topological polar surface area (TPSA) is 90.9 Å². The van der Waals surface area contributed by atoms with E-state index in [1.54, 1.807) is 0 Å². The van der Waals surface area contributed by atoms with Gasteiger partial charge in [0.25, 0.3) is 0 Å². The zero-order valence-corrected chi connectivity index (χ0v) is 18.6. The summed E-state index contributed by atoms with van der Waals surface area (Å²) in [6, 6.07) is 10.3. The second-order valence-corrected chi connectivity index (χ2v) is 9.71. The van der Waals surface area contributed by atoms with Crippen LogP contribution < -0.4 is 11.1 Å². The molecule has 3 rings (SSSR count). The molecule has 2 saturated carbocycles. The van der Waals surface area contributed by atoms with E-state index < -0.39 is 11.2 Å². The second kappa shape index (κ2) is 9.52. The molecule has 1 aromatic rings. The van der Waals surface area contributed by atoms with E-state index in [9.17, 15) is 10.2 Å². The zero-order chi connectivity index (χ0) is 21.8. The van der Waals surface area contributed by atoms with Crippen molar-refractivity contribution in [1.29, 1.82) is 0 Å². The van der Waals surface area contributed by atoms with Crippen LogP contribution in [0.15, 0.2) is 47.5 Å². The van der Waals surface area contributed by atoms with Gasteiger partial charge in [-0.05, 0) is 82.1 Å². The number of benzene rings is 1. The average molecular weight is 414 g/mol. The molecule has 5 nitrogen and oxygen atoms in total. The summed E-state index contributed by atoms with van der Waals surface area (Å²) in [6.45, 7) is 9.40. The van der Waals surface area contributed by atoms with Gasteiger partial charge in [0, 0.05) is 13.1 Å². The molecule has 30 heavy (non-hydrogen) atoms. The van der Waals surface area contributed by atoms with Gasteiger partial charge in [0.15, 0.2) is 5.96 Å². The lowest BCUT2D eigenvalue weighted by atomic mass is 9.74. The first-order valence-corrected chi connectivity index (χ1v) is 11.4. The number of nitrogens with zero attached hydrogens (tertiary/aromatic N) is 1. The highest BCUT2D eigenvalue weighted by Gasteiger charge is 2.54. The molecule has 5 atom stereocenters. The average Bonchev–Trinajstić information content (AvgIpc) is 2.94. The lowest BCUT2D eigenvalue weighted by Crippen LogP contribution is -2.43. The summed E-state index contributed by atoms with van der Waals surface area (Å²) < 4.78 is 0. The minimum absolute atomic E-state index is 0.0826. The number of allylic oxidation sites excluding steroid dienone is 1. The first-order valence-electron chi connectivity index (χ1n) is 11.4.